The number of nitrogens with one attached hydrogen (secondary N) is 1. The Bertz CT molecular complexity index is 435. The maximum Gasteiger partial charge on any atom is 0.340 e. The molecule has 1 heterocycles. The highest BCUT2D eigenvalue weighted by Crippen LogP contribution is 2.22. The molecule has 1 unspecified atom stereocenters. The summed E-state index contributed by atoms with van der Waals surface area (Å²) in [7, 11) is 0. The summed E-state index contributed by atoms with van der Waals surface area (Å²) < 4.78 is 4.97. The average Bonchev–Trinajstić information content (AvgIpc) is 2.41. The van der Waals surface area contributed by atoms with Crippen molar-refractivity contribution in [2.45, 2.75) is 52.5 Å². The van der Waals surface area contributed by atoms with Gasteiger partial charge in [-0.2, -0.15) is 0 Å². The molecule has 1 aromatic rings. The lowest BCUT2D eigenvalue weighted by molar-refractivity contribution is 0.0527. The summed E-state index contributed by atoms with van der Waals surface area (Å²) in [4.78, 5) is 16.0. The van der Waals surface area contributed by atoms with Crippen LogP contribution < -0.4 is 11.1 Å². The number of anilines is 2. The summed E-state index contributed by atoms with van der Waals surface area (Å²) in [5, 5.41) is 3.26. The van der Waals surface area contributed by atoms with Gasteiger partial charge < -0.3 is 15.8 Å². The molecular weight excluding hydrogens is 254 g/mol. The normalized spacial score (nSPS) is 11.9. The zero-order valence-electron chi connectivity index (χ0n) is 12.6. The van der Waals surface area contributed by atoms with Crippen molar-refractivity contribution in [3.05, 3.63) is 17.8 Å². The second kappa shape index (κ2) is 8.40. The number of nitrogens with zero attached hydrogens (tertiary/aromatic N) is 1. The minimum atomic E-state index is -0.408. The quantitative estimate of drug-likeness (QED) is 0.564. The number of carbonyl (C=O) groups excluding carboxylic acids is 1. The molecule has 0 saturated heterocycles. The third-order valence-electron chi connectivity index (χ3n) is 3.11. The number of esters is 1. The van der Waals surface area contributed by atoms with E-state index in [1.165, 1.54) is 19.3 Å². The molecule has 0 saturated carbocycles. The van der Waals surface area contributed by atoms with Gasteiger partial charge in [0, 0.05) is 12.2 Å². The van der Waals surface area contributed by atoms with Gasteiger partial charge >= 0.3 is 5.97 Å². The number of carbonyl (C=O) groups is 1. The van der Waals surface area contributed by atoms with E-state index >= 15 is 0 Å². The summed E-state index contributed by atoms with van der Waals surface area (Å²) >= 11 is 0. The first-order chi connectivity index (χ1) is 9.60. The first-order valence-electron chi connectivity index (χ1n) is 7.28. The van der Waals surface area contributed by atoms with Crippen LogP contribution in [0.3, 0.4) is 0 Å². The van der Waals surface area contributed by atoms with E-state index in [9.17, 15) is 4.79 Å². The smallest absolute Gasteiger partial charge is 0.340 e. The molecule has 0 aromatic carbocycles. The lowest BCUT2D eigenvalue weighted by atomic mass is 10.1. The monoisotopic (exact) mass is 279 g/mol. The van der Waals surface area contributed by atoms with E-state index in [-0.39, 0.29) is 6.04 Å². The molecule has 1 atom stereocenters. The van der Waals surface area contributed by atoms with Gasteiger partial charge in [0.15, 0.2) is 0 Å². The average molecular weight is 279 g/mol. The van der Waals surface area contributed by atoms with Crippen LogP contribution in [0.4, 0.5) is 11.5 Å². The summed E-state index contributed by atoms with van der Waals surface area (Å²) in [6.45, 7) is 6.37. The minimum absolute atomic E-state index is 0.272. The van der Waals surface area contributed by atoms with Crippen molar-refractivity contribution in [1.82, 2.24) is 4.98 Å². The van der Waals surface area contributed by atoms with E-state index in [0.717, 1.165) is 6.42 Å². The second-order valence-electron chi connectivity index (χ2n) is 4.88. The SMILES string of the molecule is CCCCCC(C)Nc1nccc(C(=O)OCC)c1N. The van der Waals surface area contributed by atoms with E-state index < -0.39 is 5.97 Å². The number of nitrogen functional groups attached to an aromatic ring is 1. The van der Waals surface area contributed by atoms with Crippen molar-refractivity contribution in [2.75, 3.05) is 17.7 Å². The molecule has 0 bridgehead atoms. The lowest BCUT2D eigenvalue weighted by Crippen LogP contribution is -2.18. The molecule has 0 aliphatic heterocycles. The highest BCUT2D eigenvalue weighted by molar-refractivity contribution is 5.97. The Morgan fingerprint density at radius 3 is 2.85 bits per heavy atom. The molecule has 0 spiro atoms. The Kier molecular flexibility index (Phi) is 6.84. The summed E-state index contributed by atoms with van der Waals surface area (Å²) in [6.07, 6.45) is 6.22. The van der Waals surface area contributed by atoms with Crippen molar-refractivity contribution < 1.29 is 9.53 Å². The molecule has 3 N–H and O–H groups in total. The summed E-state index contributed by atoms with van der Waals surface area (Å²) in [6, 6.07) is 1.86. The Labute approximate surface area is 120 Å². The van der Waals surface area contributed by atoms with Crippen molar-refractivity contribution >= 4 is 17.5 Å². The molecule has 0 amide bonds. The fourth-order valence-electron chi connectivity index (χ4n) is 1.98. The standard InChI is InChI=1S/C15H25N3O2/c1-4-6-7-8-11(3)18-14-13(16)12(9-10-17-14)15(19)20-5-2/h9-11H,4-8,16H2,1-3H3,(H,17,18). The van der Waals surface area contributed by atoms with E-state index in [2.05, 4.69) is 24.1 Å². The van der Waals surface area contributed by atoms with E-state index in [0.29, 0.717) is 23.7 Å². The highest BCUT2D eigenvalue weighted by Gasteiger charge is 2.15. The van der Waals surface area contributed by atoms with Gasteiger partial charge in [-0.05, 0) is 26.3 Å². The van der Waals surface area contributed by atoms with E-state index in [1.54, 1.807) is 19.2 Å². The van der Waals surface area contributed by atoms with Gasteiger partial charge in [0.2, 0.25) is 0 Å². The lowest BCUT2D eigenvalue weighted by Gasteiger charge is -2.16. The van der Waals surface area contributed by atoms with Gasteiger partial charge in [0.25, 0.3) is 0 Å². The molecule has 0 fully saturated rings. The summed E-state index contributed by atoms with van der Waals surface area (Å²) in [5.41, 5.74) is 6.71. The molecule has 1 aromatic heterocycles. The molecule has 0 radical (unpaired) electrons. The van der Waals surface area contributed by atoms with Crippen molar-refractivity contribution in [1.29, 1.82) is 0 Å². The molecule has 20 heavy (non-hydrogen) atoms. The van der Waals surface area contributed by atoms with Crippen LogP contribution in [-0.4, -0.2) is 23.6 Å². The van der Waals surface area contributed by atoms with Crippen LogP contribution in [0.25, 0.3) is 0 Å². The van der Waals surface area contributed by atoms with Crippen molar-refractivity contribution in [2.24, 2.45) is 0 Å². The van der Waals surface area contributed by atoms with Gasteiger partial charge in [0.1, 0.15) is 5.82 Å². The summed E-state index contributed by atoms with van der Waals surface area (Å²) in [5.74, 6) is 0.147. The molecule has 0 aliphatic rings. The van der Waals surface area contributed by atoms with Gasteiger partial charge in [-0.1, -0.05) is 26.2 Å². The molecule has 112 valence electrons. The Morgan fingerprint density at radius 2 is 2.20 bits per heavy atom. The van der Waals surface area contributed by atoms with E-state index in [4.69, 9.17) is 10.5 Å². The Morgan fingerprint density at radius 1 is 1.45 bits per heavy atom. The minimum Gasteiger partial charge on any atom is -0.462 e. The van der Waals surface area contributed by atoms with Crippen molar-refractivity contribution in [3.63, 3.8) is 0 Å². The van der Waals surface area contributed by atoms with Crippen LogP contribution in [0.5, 0.6) is 0 Å². The maximum atomic E-state index is 11.8. The number of unbranched alkanes of at least 4 members (excludes halogenated alkanes) is 2. The number of rotatable bonds is 8. The molecular formula is C15H25N3O2. The zero-order chi connectivity index (χ0) is 15.0. The Balaban J connectivity index is 2.71. The molecule has 5 heteroatoms. The fourth-order valence-corrected chi connectivity index (χ4v) is 1.98. The number of ether oxygens (including phenoxy) is 1. The van der Waals surface area contributed by atoms with Crippen LogP contribution >= 0.6 is 0 Å². The molecule has 0 aliphatic carbocycles. The molecule has 5 nitrogen and oxygen atoms in total. The van der Waals surface area contributed by atoms with Gasteiger partial charge in [-0.15, -0.1) is 0 Å². The first kappa shape index (κ1) is 16.3. The fraction of sp³-hybridized carbons (Fsp3) is 0.600. The Hall–Kier alpha value is -1.78. The van der Waals surface area contributed by atoms with Gasteiger partial charge in [0.05, 0.1) is 17.9 Å². The zero-order valence-corrected chi connectivity index (χ0v) is 12.6. The van der Waals surface area contributed by atoms with Crippen LogP contribution in [-0.2, 0) is 4.74 Å². The van der Waals surface area contributed by atoms with E-state index in [1.807, 2.05) is 0 Å². The van der Waals surface area contributed by atoms with Crippen LogP contribution in [0.15, 0.2) is 12.3 Å². The number of aromatic nitrogens is 1. The highest BCUT2D eigenvalue weighted by atomic mass is 16.5. The molecule has 1 rings (SSSR count). The van der Waals surface area contributed by atoms with Crippen LogP contribution in [0.2, 0.25) is 0 Å². The topological polar surface area (TPSA) is 77.2 Å². The largest absolute Gasteiger partial charge is 0.462 e. The third kappa shape index (κ3) is 4.72. The van der Waals surface area contributed by atoms with Crippen molar-refractivity contribution in [3.8, 4) is 0 Å². The first-order valence-corrected chi connectivity index (χ1v) is 7.28. The third-order valence-corrected chi connectivity index (χ3v) is 3.11. The van der Waals surface area contributed by atoms with Crippen LogP contribution in [0, 0.1) is 0 Å². The number of hydrogen-bond acceptors (Lipinski definition) is 5. The maximum absolute atomic E-state index is 11.8. The number of pyridine rings is 1. The predicted molar refractivity (Wildman–Crippen MR) is 81.8 cm³/mol. The predicted octanol–water partition coefficient (Wildman–Crippen LogP) is 3.22. The number of nitrogens with two attached hydrogens (primary N) is 1. The second-order valence-corrected chi connectivity index (χ2v) is 4.88. The number of hydrogen-bond donors (Lipinski definition) is 2. The van der Waals surface area contributed by atoms with Gasteiger partial charge in [-0.3, -0.25) is 0 Å². The van der Waals surface area contributed by atoms with Crippen LogP contribution in [0.1, 0.15) is 56.8 Å². The van der Waals surface area contributed by atoms with Gasteiger partial charge in [-0.25, -0.2) is 9.78 Å².